The van der Waals surface area contributed by atoms with Crippen molar-refractivity contribution in [3.63, 3.8) is 0 Å². The molecule has 1 fully saturated rings. The summed E-state index contributed by atoms with van der Waals surface area (Å²) in [4.78, 5) is 0. The van der Waals surface area contributed by atoms with E-state index in [0.29, 0.717) is 0 Å². The van der Waals surface area contributed by atoms with Gasteiger partial charge in [0.1, 0.15) is 5.58 Å². The Bertz CT molecular complexity index is 3240. The Balaban J connectivity index is 1.12. The normalized spacial score (nSPS) is 17.4. The summed E-state index contributed by atoms with van der Waals surface area (Å²) in [5.41, 5.74) is 12.1. The third kappa shape index (κ3) is 5.02. The highest BCUT2D eigenvalue weighted by molar-refractivity contribution is 6.32. The van der Waals surface area contributed by atoms with E-state index in [1.807, 2.05) is 6.07 Å². The molecule has 0 radical (unpaired) electrons. The van der Waals surface area contributed by atoms with Crippen molar-refractivity contribution in [3.8, 4) is 11.4 Å². The Morgan fingerprint density at radius 1 is 0.368 bits per heavy atom. The lowest BCUT2D eigenvalue weighted by Gasteiger charge is -2.39. The summed E-state index contributed by atoms with van der Waals surface area (Å²) in [5, 5.41) is 18.7. The minimum absolute atomic E-state index is 0.0649. The summed E-state index contributed by atoms with van der Waals surface area (Å²) in [7, 11) is 0. The van der Waals surface area contributed by atoms with E-state index in [4.69, 9.17) is 4.42 Å². The van der Waals surface area contributed by atoms with Crippen molar-refractivity contribution in [2.45, 2.75) is 18.5 Å². The van der Waals surface area contributed by atoms with Gasteiger partial charge in [-0.2, -0.15) is 0 Å². The molecule has 11 aromatic rings. The zero-order chi connectivity index (χ0) is 37.5. The maximum absolute atomic E-state index is 6.85. The van der Waals surface area contributed by atoms with Gasteiger partial charge in [0, 0.05) is 43.7 Å². The Morgan fingerprint density at radius 3 is 1.61 bits per heavy atom. The summed E-state index contributed by atoms with van der Waals surface area (Å²) in [6, 6.07) is 67.2. The molecule has 57 heavy (non-hydrogen) atoms. The summed E-state index contributed by atoms with van der Waals surface area (Å²) < 4.78 is 11.7. The van der Waals surface area contributed by atoms with Gasteiger partial charge in [0.15, 0.2) is 5.58 Å². The molecule has 0 spiro atoms. The average Bonchev–Trinajstić information content (AvgIpc) is 3.95. The highest BCUT2D eigenvalue weighted by Gasteiger charge is 2.30. The van der Waals surface area contributed by atoms with E-state index in [9.17, 15) is 0 Å². The van der Waals surface area contributed by atoms with Crippen LogP contribution >= 0.6 is 0 Å². The standard InChI is InChI=1S/C51H37N5O/c1-4-15-32(16-5-1)49-52-50(33-17-6-2-7-18-33)54-51(53-49)34-19-14-22-36(31-34)56-43-30-29-42-45(39-24-10-12-25-41(39)55(42)35-20-8-3-9-21-35)46(43)40-28-27-38-37-23-11-13-26-44(37)57-48(38)47(40)56/h1-31,49-54H. The van der Waals surface area contributed by atoms with Crippen LogP contribution in [-0.2, 0) is 0 Å². The molecule has 3 N–H and O–H groups in total. The zero-order valence-electron chi connectivity index (χ0n) is 30.9. The second kappa shape index (κ2) is 12.8. The minimum Gasteiger partial charge on any atom is -0.454 e. The third-order valence-electron chi connectivity index (χ3n) is 11.8. The van der Waals surface area contributed by atoms with E-state index in [0.717, 1.165) is 55.3 Å². The molecule has 1 aliphatic heterocycles. The van der Waals surface area contributed by atoms with E-state index >= 15 is 0 Å². The quantitative estimate of drug-likeness (QED) is 0.165. The molecule has 0 aliphatic carbocycles. The van der Waals surface area contributed by atoms with Gasteiger partial charge in [0.05, 0.1) is 40.6 Å². The first kappa shape index (κ1) is 32.3. The number of para-hydroxylation sites is 3. The number of nitrogens with zero attached hydrogens (tertiary/aromatic N) is 2. The van der Waals surface area contributed by atoms with E-state index in [1.54, 1.807) is 0 Å². The Morgan fingerprint density at radius 2 is 0.895 bits per heavy atom. The number of nitrogens with one attached hydrogen (secondary N) is 3. The van der Waals surface area contributed by atoms with E-state index < -0.39 is 0 Å². The highest BCUT2D eigenvalue weighted by Crippen LogP contribution is 2.45. The molecule has 2 atom stereocenters. The fourth-order valence-corrected chi connectivity index (χ4v) is 9.31. The van der Waals surface area contributed by atoms with Crippen LogP contribution in [-0.4, -0.2) is 9.13 Å². The highest BCUT2D eigenvalue weighted by atomic mass is 16.3. The van der Waals surface area contributed by atoms with Crippen molar-refractivity contribution in [1.82, 2.24) is 25.1 Å². The van der Waals surface area contributed by atoms with Crippen molar-refractivity contribution in [2.24, 2.45) is 0 Å². The van der Waals surface area contributed by atoms with Crippen LogP contribution in [0.25, 0.3) is 76.9 Å². The molecule has 12 rings (SSSR count). The Hall–Kier alpha value is -6.96. The van der Waals surface area contributed by atoms with Crippen LogP contribution in [0.5, 0.6) is 0 Å². The largest absolute Gasteiger partial charge is 0.454 e. The maximum Gasteiger partial charge on any atom is 0.160 e. The van der Waals surface area contributed by atoms with Gasteiger partial charge >= 0.3 is 0 Å². The Labute approximate surface area is 328 Å². The fraction of sp³-hybridized carbons (Fsp3) is 0.0588. The van der Waals surface area contributed by atoms with Crippen LogP contribution in [0, 0.1) is 0 Å². The monoisotopic (exact) mass is 735 g/mol. The van der Waals surface area contributed by atoms with Gasteiger partial charge in [0.2, 0.25) is 0 Å². The van der Waals surface area contributed by atoms with Gasteiger partial charge in [-0.15, -0.1) is 0 Å². The predicted octanol–water partition coefficient (Wildman–Crippen LogP) is 12.0. The number of fused-ring (bicyclic) bond motifs is 11. The maximum atomic E-state index is 6.85. The van der Waals surface area contributed by atoms with Gasteiger partial charge in [-0.05, 0) is 71.3 Å². The fourth-order valence-electron chi connectivity index (χ4n) is 9.31. The molecule has 272 valence electrons. The summed E-state index contributed by atoms with van der Waals surface area (Å²) in [6.07, 6.45) is -0.272. The molecule has 6 heteroatoms. The average molecular weight is 736 g/mol. The first-order chi connectivity index (χ1) is 28.3. The lowest BCUT2D eigenvalue weighted by Crippen LogP contribution is -2.54. The van der Waals surface area contributed by atoms with Gasteiger partial charge in [-0.25, -0.2) is 0 Å². The summed E-state index contributed by atoms with van der Waals surface area (Å²) in [6.45, 7) is 0. The number of aromatic nitrogens is 2. The molecule has 0 amide bonds. The molecule has 1 aliphatic rings. The molecule has 6 nitrogen and oxygen atoms in total. The van der Waals surface area contributed by atoms with E-state index in [-0.39, 0.29) is 18.5 Å². The van der Waals surface area contributed by atoms with Crippen LogP contribution in [0.3, 0.4) is 0 Å². The number of hydrogen-bond acceptors (Lipinski definition) is 4. The molecule has 2 unspecified atom stereocenters. The van der Waals surface area contributed by atoms with Crippen LogP contribution in [0.15, 0.2) is 192 Å². The molecule has 8 aromatic carbocycles. The van der Waals surface area contributed by atoms with Crippen LogP contribution < -0.4 is 16.0 Å². The van der Waals surface area contributed by atoms with Crippen LogP contribution in [0.2, 0.25) is 0 Å². The lowest BCUT2D eigenvalue weighted by molar-refractivity contribution is 0.203. The third-order valence-corrected chi connectivity index (χ3v) is 11.8. The number of benzene rings is 8. The lowest BCUT2D eigenvalue weighted by atomic mass is 10.0. The van der Waals surface area contributed by atoms with Crippen LogP contribution in [0.1, 0.15) is 35.2 Å². The molecular formula is C51H37N5O. The van der Waals surface area contributed by atoms with Gasteiger partial charge in [-0.3, -0.25) is 16.0 Å². The second-order valence-electron chi connectivity index (χ2n) is 15.0. The second-order valence-corrected chi connectivity index (χ2v) is 15.0. The van der Waals surface area contributed by atoms with E-state index in [1.165, 1.54) is 38.3 Å². The van der Waals surface area contributed by atoms with Crippen molar-refractivity contribution in [1.29, 1.82) is 0 Å². The number of rotatable bonds is 5. The van der Waals surface area contributed by atoms with Crippen molar-refractivity contribution in [3.05, 3.63) is 205 Å². The van der Waals surface area contributed by atoms with Crippen molar-refractivity contribution < 1.29 is 4.42 Å². The molecule has 4 heterocycles. The minimum atomic E-state index is -0.142. The molecule has 1 saturated heterocycles. The van der Waals surface area contributed by atoms with Crippen molar-refractivity contribution in [2.75, 3.05) is 0 Å². The summed E-state index contributed by atoms with van der Waals surface area (Å²) >= 11 is 0. The van der Waals surface area contributed by atoms with Crippen molar-refractivity contribution >= 4 is 65.6 Å². The molecule has 0 bridgehead atoms. The SMILES string of the molecule is c1ccc(C2NC(c3ccccc3)NC(c3cccc(-n4c5ccc6c(c7ccccc7n6-c6ccccc6)c5c5ccc6c7ccccc7oc6c54)c3)N2)cc1. The van der Waals surface area contributed by atoms with Gasteiger partial charge < -0.3 is 13.6 Å². The Kier molecular flexibility index (Phi) is 7.25. The predicted molar refractivity (Wildman–Crippen MR) is 233 cm³/mol. The number of furan rings is 1. The van der Waals surface area contributed by atoms with Gasteiger partial charge in [-0.1, -0.05) is 133 Å². The molecule has 3 aromatic heterocycles. The topological polar surface area (TPSA) is 59.1 Å². The number of hydrogen-bond donors (Lipinski definition) is 3. The molecule has 0 saturated carbocycles. The van der Waals surface area contributed by atoms with Gasteiger partial charge in [0.25, 0.3) is 0 Å². The first-order valence-corrected chi connectivity index (χ1v) is 19.6. The first-order valence-electron chi connectivity index (χ1n) is 19.6. The summed E-state index contributed by atoms with van der Waals surface area (Å²) in [5.74, 6) is 0. The zero-order valence-corrected chi connectivity index (χ0v) is 30.9. The van der Waals surface area contributed by atoms with E-state index in [2.05, 4.69) is 207 Å². The molecular weight excluding hydrogens is 699 g/mol. The smallest absolute Gasteiger partial charge is 0.160 e. The van der Waals surface area contributed by atoms with Crippen LogP contribution in [0.4, 0.5) is 0 Å².